The summed E-state index contributed by atoms with van der Waals surface area (Å²) < 4.78 is 30.9. The van der Waals surface area contributed by atoms with Crippen LogP contribution in [0.5, 0.6) is 5.88 Å². The van der Waals surface area contributed by atoms with Crippen LogP contribution in [0.2, 0.25) is 5.02 Å². The number of ether oxygens (including phenoxy) is 1. The first-order valence-electron chi connectivity index (χ1n) is 8.90. The molecule has 0 saturated heterocycles. The second-order valence-corrected chi connectivity index (χ2v) is 8.77. The molecule has 156 valence electrons. The maximum Gasteiger partial charge on any atom is 0.255 e. The number of carbonyl (C=O) groups is 1. The zero-order valence-corrected chi connectivity index (χ0v) is 17.9. The number of hydrogen-bond acceptors (Lipinski definition) is 5. The summed E-state index contributed by atoms with van der Waals surface area (Å²) >= 11 is 6.18. The summed E-state index contributed by atoms with van der Waals surface area (Å²) in [6, 6.07) is 16.6. The van der Waals surface area contributed by atoms with Gasteiger partial charge < -0.3 is 10.1 Å². The standard InChI is InChI=1S/C21H20ClN3O4S/c1-29-20-12-9-17(13-23-20)24-21(26)15-7-10-18(11-8-15)25(30(2,27)28)14-16-5-3-4-6-19(16)22/h3-13H,14H2,1-2H3,(H,24,26). The summed E-state index contributed by atoms with van der Waals surface area (Å²) in [4.78, 5) is 16.5. The molecule has 0 aliphatic heterocycles. The van der Waals surface area contributed by atoms with E-state index < -0.39 is 10.0 Å². The molecule has 1 heterocycles. The molecule has 0 aliphatic rings. The highest BCUT2D eigenvalue weighted by molar-refractivity contribution is 7.92. The highest BCUT2D eigenvalue weighted by atomic mass is 35.5. The number of benzene rings is 2. The lowest BCUT2D eigenvalue weighted by atomic mass is 10.1. The topological polar surface area (TPSA) is 88.6 Å². The summed E-state index contributed by atoms with van der Waals surface area (Å²) in [5.41, 5.74) is 2.00. The molecule has 7 nitrogen and oxygen atoms in total. The number of anilines is 2. The summed E-state index contributed by atoms with van der Waals surface area (Å²) in [6.45, 7) is 0.0849. The molecule has 0 fully saturated rings. The van der Waals surface area contributed by atoms with E-state index in [0.29, 0.717) is 33.4 Å². The van der Waals surface area contributed by atoms with Gasteiger partial charge in [0.05, 0.1) is 37.5 Å². The maximum atomic E-state index is 12.5. The molecule has 30 heavy (non-hydrogen) atoms. The van der Waals surface area contributed by atoms with Gasteiger partial charge in [-0.05, 0) is 42.0 Å². The van der Waals surface area contributed by atoms with Crippen LogP contribution in [0.25, 0.3) is 0 Å². The summed E-state index contributed by atoms with van der Waals surface area (Å²) in [7, 11) is -2.06. The number of nitrogens with zero attached hydrogens (tertiary/aromatic N) is 2. The van der Waals surface area contributed by atoms with Crippen LogP contribution in [-0.4, -0.2) is 32.7 Å². The lowest BCUT2D eigenvalue weighted by Gasteiger charge is -2.23. The van der Waals surface area contributed by atoms with Gasteiger partial charge in [0.25, 0.3) is 5.91 Å². The number of rotatable bonds is 7. The summed E-state index contributed by atoms with van der Waals surface area (Å²) in [5, 5.41) is 3.21. The van der Waals surface area contributed by atoms with Gasteiger partial charge in [0, 0.05) is 16.7 Å². The molecule has 0 aliphatic carbocycles. The molecule has 0 saturated carbocycles. The first-order chi connectivity index (χ1) is 14.3. The molecule has 2 aromatic carbocycles. The normalized spacial score (nSPS) is 11.0. The zero-order valence-electron chi connectivity index (χ0n) is 16.4. The van der Waals surface area contributed by atoms with E-state index in [2.05, 4.69) is 10.3 Å². The fourth-order valence-electron chi connectivity index (χ4n) is 2.74. The van der Waals surface area contributed by atoms with Crippen LogP contribution < -0.4 is 14.4 Å². The predicted molar refractivity (Wildman–Crippen MR) is 118 cm³/mol. The van der Waals surface area contributed by atoms with E-state index in [-0.39, 0.29) is 12.5 Å². The molecule has 1 aromatic heterocycles. The third-order valence-corrected chi connectivity index (χ3v) is 5.80. The Morgan fingerprint density at radius 2 is 1.80 bits per heavy atom. The van der Waals surface area contributed by atoms with E-state index >= 15 is 0 Å². The van der Waals surface area contributed by atoms with E-state index in [1.165, 1.54) is 17.6 Å². The van der Waals surface area contributed by atoms with Gasteiger partial charge in [0.1, 0.15) is 0 Å². The van der Waals surface area contributed by atoms with E-state index in [1.807, 2.05) is 0 Å². The fraction of sp³-hybridized carbons (Fsp3) is 0.143. The SMILES string of the molecule is COc1ccc(NC(=O)c2ccc(N(Cc3ccccc3Cl)S(C)(=O)=O)cc2)cn1. The molecular weight excluding hydrogens is 426 g/mol. The Kier molecular flexibility index (Phi) is 6.59. The van der Waals surface area contributed by atoms with E-state index in [9.17, 15) is 13.2 Å². The van der Waals surface area contributed by atoms with Crippen molar-refractivity contribution in [3.63, 3.8) is 0 Å². The molecule has 1 amide bonds. The van der Waals surface area contributed by atoms with E-state index in [0.717, 1.165) is 6.26 Å². The molecule has 0 unspecified atom stereocenters. The number of carbonyl (C=O) groups excluding carboxylic acids is 1. The smallest absolute Gasteiger partial charge is 0.255 e. The van der Waals surface area contributed by atoms with Crippen molar-refractivity contribution in [3.05, 3.63) is 83.0 Å². The van der Waals surface area contributed by atoms with Crippen molar-refractivity contribution >= 4 is 38.9 Å². The van der Waals surface area contributed by atoms with Crippen LogP contribution >= 0.6 is 11.6 Å². The second-order valence-electron chi connectivity index (χ2n) is 6.45. The number of hydrogen-bond donors (Lipinski definition) is 1. The van der Waals surface area contributed by atoms with Crippen LogP contribution in [0, 0.1) is 0 Å². The van der Waals surface area contributed by atoms with Crippen molar-refractivity contribution in [2.75, 3.05) is 23.0 Å². The van der Waals surface area contributed by atoms with E-state index in [1.54, 1.807) is 60.7 Å². The van der Waals surface area contributed by atoms with Gasteiger partial charge in [-0.1, -0.05) is 29.8 Å². The fourth-order valence-corrected chi connectivity index (χ4v) is 3.81. The van der Waals surface area contributed by atoms with Crippen molar-refractivity contribution < 1.29 is 17.9 Å². The largest absolute Gasteiger partial charge is 0.481 e. The molecule has 9 heteroatoms. The van der Waals surface area contributed by atoms with Gasteiger partial charge >= 0.3 is 0 Å². The Bertz CT molecular complexity index is 1130. The van der Waals surface area contributed by atoms with Gasteiger partial charge in [0.15, 0.2) is 0 Å². The Balaban J connectivity index is 1.79. The monoisotopic (exact) mass is 445 g/mol. The minimum Gasteiger partial charge on any atom is -0.481 e. The zero-order chi connectivity index (χ0) is 21.7. The first kappa shape index (κ1) is 21.6. The number of nitrogens with one attached hydrogen (secondary N) is 1. The Labute approximate surface area is 180 Å². The number of halogens is 1. The first-order valence-corrected chi connectivity index (χ1v) is 11.1. The van der Waals surface area contributed by atoms with Gasteiger partial charge in [-0.25, -0.2) is 13.4 Å². The number of sulfonamides is 1. The van der Waals surface area contributed by atoms with Crippen LogP contribution in [0.1, 0.15) is 15.9 Å². The lowest BCUT2D eigenvalue weighted by Crippen LogP contribution is -2.29. The summed E-state index contributed by atoms with van der Waals surface area (Å²) in [6.07, 6.45) is 2.61. The van der Waals surface area contributed by atoms with Crippen molar-refractivity contribution in [1.29, 1.82) is 0 Å². The molecule has 3 rings (SSSR count). The van der Waals surface area contributed by atoms with E-state index in [4.69, 9.17) is 16.3 Å². The van der Waals surface area contributed by atoms with Gasteiger partial charge in [-0.2, -0.15) is 0 Å². The van der Waals surface area contributed by atoms with Crippen LogP contribution in [-0.2, 0) is 16.6 Å². The van der Waals surface area contributed by atoms with Gasteiger partial charge in [0.2, 0.25) is 15.9 Å². The highest BCUT2D eigenvalue weighted by Crippen LogP contribution is 2.25. The third-order valence-electron chi connectivity index (χ3n) is 4.29. The third kappa shape index (κ3) is 5.28. The molecule has 0 radical (unpaired) electrons. The number of aromatic nitrogens is 1. The van der Waals surface area contributed by atoms with Crippen LogP contribution in [0.4, 0.5) is 11.4 Å². The molecule has 1 N–H and O–H groups in total. The number of methoxy groups -OCH3 is 1. The maximum absolute atomic E-state index is 12.5. The number of pyridine rings is 1. The minimum atomic E-state index is -3.57. The Hall–Kier alpha value is -3.10. The average molecular weight is 446 g/mol. The van der Waals surface area contributed by atoms with Crippen molar-refractivity contribution in [3.8, 4) is 5.88 Å². The molecular formula is C21H20ClN3O4S. The summed E-state index contributed by atoms with van der Waals surface area (Å²) in [5.74, 6) is 0.0993. The van der Waals surface area contributed by atoms with Crippen molar-refractivity contribution in [2.24, 2.45) is 0 Å². The average Bonchev–Trinajstić information content (AvgIpc) is 2.73. The van der Waals surface area contributed by atoms with Crippen LogP contribution in [0.3, 0.4) is 0 Å². The Morgan fingerprint density at radius 3 is 2.37 bits per heavy atom. The van der Waals surface area contributed by atoms with Gasteiger partial charge in [-0.15, -0.1) is 0 Å². The lowest BCUT2D eigenvalue weighted by molar-refractivity contribution is 0.102. The minimum absolute atomic E-state index is 0.0849. The van der Waals surface area contributed by atoms with Gasteiger partial charge in [-0.3, -0.25) is 9.10 Å². The highest BCUT2D eigenvalue weighted by Gasteiger charge is 2.19. The Morgan fingerprint density at radius 1 is 1.10 bits per heavy atom. The molecule has 0 spiro atoms. The van der Waals surface area contributed by atoms with Crippen LogP contribution in [0.15, 0.2) is 66.9 Å². The number of amides is 1. The van der Waals surface area contributed by atoms with Crippen molar-refractivity contribution in [1.82, 2.24) is 4.98 Å². The molecule has 3 aromatic rings. The second kappa shape index (κ2) is 9.15. The van der Waals surface area contributed by atoms with Crippen molar-refractivity contribution in [2.45, 2.75) is 6.54 Å². The predicted octanol–water partition coefficient (Wildman–Crippen LogP) is 3.96. The molecule has 0 bridgehead atoms. The molecule has 0 atom stereocenters. The quantitative estimate of drug-likeness (QED) is 0.594.